The van der Waals surface area contributed by atoms with Crippen molar-refractivity contribution in [1.29, 1.82) is 0 Å². The van der Waals surface area contributed by atoms with Crippen molar-refractivity contribution in [3.63, 3.8) is 0 Å². The van der Waals surface area contributed by atoms with Crippen LogP contribution in [0.4, 0.5) is 5.95 Å². The molecule has 7 heteroatoms. The second kappa shape index (κ2) is 6.42. The third-order valence-electron chi connectivity index (χ3n) is 2.28. The number of nitrogens with one attached hydrogen (secondary N) is 1. The van der Waals surface area contributed by atoms with Gasteiger partial charge in [-0.05, 0) is 6.07 Å². The Morgan fingerprint density at radius 1 is 1.59 bits per heavy atom. The Bertz CT molecular complexity index is 393. The summed E-state index contributed by atoms with van der Waals surface area (Å²) in [6, 6.07) is 1.72. The van der Waals surface area contributed by atoms with Crippen molar-refractivity contribution >= 4 is 46.7 Å². The number of rotatable bonds is 4. The van der Waals surface area contributed by atoms with Crippen LogP contribution in [0.15, 0.2) is 12.3 Å². The van der Waals surface area contributed by atoms with Crippen molar-refractivity contribution in [3.05, 3.63) is 18.0 Å². The van der Waals surface area contributed by atoms with Crippen LogP contribution in [0.3, 0.4) is 0 Å². The monoisotopic (exact) mass is 286 g/mol. The summed E-state index contributed by atoms with van der Waals surface area (Å²) >= 11 is 8.89. The molecule has 0 spiro atoms. The predicted octanol–water partition coefficient (Wildman–Crippen LogP) is 1.37. The second-order valence-corrected chi connectivity index (χ2v) is 6.58. The first-order valence-corrected chi connectivity index (χ1v) is 7.93. The van der Waals surface area contributed by atoms with Crippen LogP contribution < -0.4 is 11.1 Å². The van der Waals surface area contributed by atoms with Gasteiger partial charge in [0.15, 0.2) is 0 Å². The lowest BCUT2D eigenvalue weighted by Gasteiger charge is -2.21. The van der Waals surface area contributed by atoms with Gasteiger partial charge in [-0.3, -0.25) is 0 Å². The minimum absolute atomic E-state index is 0.304. The maximum Gasteiger partial charge on any atom is 0.223 e. The van der Waals surface area contributed by atoms with Gasteiger partial charge in [-0.25, -0.2) is 9.97 Å². The molecule has 1 aromatic heterocycles. The minimum atomic E-state index is 0.304. The van der Waals surface area contributed by atoms with Gasteiger partial charge in [-0.1, -0.05) is 12.2 Å². The first kappa shape index (κ1) is 12.9. The summed E-state index contributed by atoms with van der Waals surface area (Å²) in [5, 5.41) is 3.87. The largest absolute Gasteiger partial charge is 0.388 e. The highest BCUT2D eigenvalue weighted by Gasteiger charge is 2.14. The van der Waals surface area contributed by atoms with Crippen LogP contribution in [0.1, 0.15) is 5.69 Å². The Labute approximate surface area is 115 Å². The van der Waals surface area contributed by atoms with E-state index in [1.807, 2.05) is 23.5 Å². The van der Waals surface area contributed by atoms with Gasteiger partial charge in [0.05, 0.1) is 0 Å². The van der Waals surface area contributed by atoms with Crippen molar-refractivity contribution in [2.24, 2.45) is 5.73 Å². The van der Waals surface area contributed by atoms with Crippen molar-refractivity contribution in [1.82, 2.24) is 9.97 Å². The van der Waals surface area contributed by atoms with Crippen LogP contribution in [-0.2, 0) is 0 Å². The Hall–Kier alpha value is -0.530. The SMILES string of the molecule is NC(=S)c1ccnc(NCC2CSCCS2)n1. The minimum Gasteiger partial charge on any atom is -0.388 e. The van der Waals surface area contributed by atoms with E-state index >= 15 is 0 Å². The molecule has 17 heavy (non-hydrogen) atoms. The zero-order valence-electron chi connectivity index (χ0n) is 9.26. The number of nitrogens with zero attached hydrogens (tertiary/aromatic N) is 2. The van der Waals surface area contributed by atoms with Crippen molar-refractivity contribution < 1.29 is 0 Å². The number of thiocarbonyl (C=S) groups is 1. The lowest BCUT2D eigenvalue weighted by molar-refractivity contribution is 0.971. The zero-order valence-corrected chi connectivity index (χ0v) is 11.7. The molecule has 1 aliphatic rings. The Morgan fingerprint density at radius 3 is 3.18 bits per heavy atom. The lowest BCUT2D eigenvalue weighted by atomic mass is 10.4. The van der Waals surface area contributed by atoms with E-state index in [1.165, 1.54) is 17.3 Å². The topological polar surface area (TPSA) is 63.8 Å². The number of hydrogen-bond acceptors (Lipinski definition) is 6. The molecule has 2 heterocycles. The van der Waals surface area contributed by atoms with E-state index in [-0.39, 0.29) is 0 Å². The van der Waals surface area contributed by atoms with Crippen LogP contribution >= 0.6 is 35.7 Å². The standard InChI is InChI=1S/C10H14N4S3/c11-9(15)8-1-2-12-10(14-8)13-5-7-6-16-3-4-17-7/h1-2,7H,3-6H2,(H2,11,15)(H,12,13,14). The Balaban J connectivity index is 1.89. The second-order valence-electron chi connectivity index (χ2n) is 3.58. The third-order valence-corrected chi connectivity index (χ3v) is 5.33. The highest BCUT2D eigenvalue weighted by atomic mass is 32.2. The van der Waals surface area contributed by atoms with E-state index in [4.69, 9.17) is 18.0 Å². The van der Waals surface area contributed by atoms with Crippen LogP contribution in [0, 0.1) is 0 Å². The van der Waals surface area contributed by atoms with E-state index in [0.29, 0.717) is 21.9 Å². The molecule has 0 saturated carbocycles. The molecule has 1 atom stereocenters. The van der Waals surface area contributed by atoms with Gasteiger partial charge in [-0.15, -0.1) is 0 Å². The summed E-state index contributed by atoms with van der Waals surface area (Å²) in [6.07, 6.45) is 1.67. The van der Waals surface area contributed by atoms with Gasteiger partial charge in [0.25, 0.3) is 0 Å². The highest BCUT2D eigenvalue weighted by molar-refractivity contribution is 8.06. The molecule has 0 aromatic carbocycles. The van der Waals surface area contributed by atoms with Crippen LogP contribution in [0.5, 0.6) is 0 Å². The van der Waals surface area contributed by atoms with Crippen LogP contribution in [-0.4, -0.2) is 44.0 Å². The molecule has 1 saturated heterocycles. The smallest absolute Gasteiger partial charge is 0.223 e. The molecule has 0 amide bonds. The van der Waals surface area contributed by atoms with E-state index in [2.05, 4.69) is 15.3 Å². The molecular formula is C10H14N4S3. The summed E-state index contributed by atoms with van der Waals surface area (Å²) in [6.45, 7) is 0.887. The summed E-state index contributed by atoms with van der Waals surface area (Å²) in [4.78, 5) is 8.71. The summed E-state index contributed by atoms with van der Waals surface area (Å²) in [5.74, 6) is 4.28. The Kier molecular flexibility index (Phi) is 4.87. The molecule has 0 radical (unpaired) electrons. The van der Waals surface area contributed by atoms with E-state index in [9.17, 15) is 0 Å². The number of nitrogens with two attached hydrogens (primary N) is 1. The van der Waals surface area contributed by atoms with Crippen molar-refractivity contribution in [2.45, 2.75) is 5.25 Å². The molecule has 92 valence electrons. The molecule has 0 aliphatic carbocycles. The average molecular weight is 286 g/mol. The number of anilines is 1. The lowest BCUT2D eigenvalue weighted by Crippen LogP contribution is -2.24. The number of hydrogen-bond donors (Lipinski definition) is 2. The third kappa shape index (κ3) is 4.01. The normalized spacial score (nSPS) is 19.9. The van der Waals surface area contributed by atoms with E-state index in [1.54, 1.807) is 12.3 Å². The van der Waals surface area contributed by atoms with Gasteiger partial charge >= 0.3 is 0 Å². The van der Waals surface area contributed by atoms with E-state index < -0.39 is 0 Å². The van der Waals surface area contributed by atoms with Crippen LogP contribution in [0.25, 0.3) is 0 Å². The Morgan fingerprint density at radius 2 is 2.47 bits per heavy atom. The zero-order chi connectivity index (χ0) is 12.1. The van der Waals surface area contributed by atoms with E-state index in [0.717, 1.165) is 6.54 Å². The molecule has 1 aromatic rings. The fourth-order valence-corrected chi connectivity index (χ4v) is 4.17. The number of thioether (sulfide) groups is 2. The molecule has 2 rings (SSSR count). The van der Waals surface area contributed by atoms with Crippen molar-refractivity contribution in [2.75, 3.05) is 29.1 Å². The maximum atomic E-state index is 5.53. The number of aromatic nitrogens is 2. The quantitative estimate of drug-likeness (QED) is 0.811. The first-order chi connectivity index (χ1) is 8.25. The van der Waals surface area contributed by atoms with Gasteiger partial charge in [0.2, 0.25) is 5.95 Å². The molecule has 1 aliphatic heterocycles. The highest BCUT2D eigenvalue weighted by Crippen LogP contribution is 2.23. The molecule has 1 fully saturated rings. The van der Waals surface area contributed by atoms with Gasteiger partial charge in [-0.2, -0.15) is 23.5 Å². The molecule has 3 N–H and O–H groups in total. The predicted molar refractivity (Wildman–Crippen MR) is 80.0 cm³/mol. The summed E-state index contributed by atoms with van der Waals surface area (Å²) < 4.78 is 0. The summed E-state index contributed by atoms with van der Waals surface area (Å²) in [5.41, 5.74) is 6.14. The molecular weight excluding hydrogens is 272 g/mol. The van der Waals surface area contributed by atoms with Gasteiger partial charge in [0, 0.05) is 35.3 Å². The first-order valence-electron chi connectivity index (χ1n) is 5.32. The summed E-state index contributed by atoms with van der Waals surface area (Å²) in [7, 11) is 0. The van der Waals surface area contributed by atoms with Gasteiger partial charge in [0.1, 0.15) is 10.7 Å². The maximum absolute atomic E-state index is 5.53. The van der Waals surface area contributed by atoms with Crippen molar-refractivity contribution in [3.8, 4) is 0 Å². The molecule has 1 unspecified atom stereocenters. The van der Waals surface area contributed by atoms with Gasteiger partial charge < -0.3 is 11.1 Å². The fraction of sp³-hybridized carbons (Fsp3) is 0.500. The molecule has 4 nitrogen and oxygen atoms in total. The van der Waals surface area contributed by atoms with Crippen LogP contribution in [0.2, 0.25) is 0 Å². The molecule has 0 bridgehead atoms. The average Bonchev–Trinajstić information content (AvgIpc) is 2.38. The fourth-order valence-electron chi connectivity index (χ4n) is 1.44.